The van der Waals surface area contributed by atoms with Crippen molar-refractivity contribution in [2.45, 2.75) is 40.0 Å². The molecule has 1 aliphatic rings. The first kappa shape index (κ1) is 15.8. The fourth-order valence-corrected chi connectivity index (χ4v) is 2.40. The second-order valence-corrected chi connectivity index (χ2v) is 5.75. The number of piperidine rings is 1. The highest BCUT2D eigenvalue weighted by Gasteiger charge is 2.26. The van der Waals surface area contributed by atoms with Crippen molar-refractivity contribution in [3.8, 4) is 0 Å². The molecule has 0 aliphatic carbocycles. The minimum absolute atomic E-state index is 0.0163. The van der Waals surface area contributed by atoms with Crippen molar-refractivity contribution in [2.75, 3.05) is 19.6 Å². The van der Waals surface area contributed by atoms with E-state index in [0.29, 0.717) is 18.4 Å². The number of carbonyl (C=O) groups excluding carboxylic acids is 1. The molecule has 0 spiro atoms. The van der Waals surface area contributed by atoms with Crippen LogP contribution in [0.2, 0.25) is 0 Å². The number of hydrogen-bond donors (Lipinski definition) is 2. The van der Waals surface area contributed by atoms with E-state index in [1.54, 1.807) is 0 Å². The van der Waals surface area contributed by atoms with Gasteiger partial charge in [-0.25, -0.2) is 4.79 Å². The van der Waals surface area contributed by atoms with Gasteiger partial charge in [-0.3, -0.25) is 4.79 Å². The van der Waals surface area contributed by atoms with Gasteiger partial charge in [-0.2, -0.15) is 0 Å². The average Bonchev–Trinajstić information content (AvgIpc) is 2.36. The fraction of sp³-hybridized carbons (Fsp3) is 0.857. The van der Waals surface area contributed by atoms with Gasteiger partial charge in [0.15, 0.2) is 0 Å². The first-order valence-corrected chi connectivity index (χ1v) is 7.18. The molecule has 0 bridgehead atoms. The molecule has 1 aliphatic heterocycles. The van der Waals surface area contributed by atoms with Crippen LogP contribution < -0.4 is 5.32 Å². The number of hydrogen-bond acceptors (Lipinski definition) is 2. The lowest BCUT2D eigenvalue weighted by atomic mass is 9.89. The summed E-state index contributed by atoms with van der Waals surface area (Å²) >= 11 is 0. The van der Waals surface area contributed by atoms with Crippen molar-refractivity contribution in [3.05, 3.63) is 0 Å². The van der Waals surface area contributed by atoms with E-state index in [2.05, 4.69) is 19.2 Å². The largest absolute Gasteiger partial charge is 0.481 e. The number of rotatable bonds is 5. The van der Waals surface area contributed by atoms with Gasteiger partial charge in [-0.1, -0.05) is 27.2 Å². The van der Waals surface area contributed by atoms with E-state index in [4.69, 9.17) is 5.11 Å². The van der Waals surface area contributed by atoms with Gasteiger partial charge < -0.3 is 15.3 Å². The molecule has 19 heavy (non-hydrogen) atoms. The number of nitrogens with zero attached hydrogens (tertiary/aromatic N) is 1. The van der Waals surface area contributed by atoms with E-state index in [1.165, 1.54) is 0 Å². The number of amides is 2. The molecule has 1 heterocycles. The third-order valence-electron chi connectivity index (χ3n) is 4.20. The Morgan fingerprint density at radius 3 is 2.58 bits per heavy atom. The Bertz CT molecular complexity index is 320. The Balaban J connectivity index is 2.36. The summed E-state index contributed by atoms with van der Waals surface area (Å²) in [5.41, 5.74) is 0. The van der Waals surface area contributed by atoms with Crippen LogP contribution in [0.25, 0.3) is 0 Å². The highest BCUT2D eigenvalue weighted by Crippen LogP contribution is 2.22. The minimum atomic E-state index is -0.804. The molecule has 3 unspecified atom stereocenters. The molecule has 0 radical (unpaired) electrons. The zero-order valence-corrected chi connectivity index (χ0v) is 12.2. The Kier molecular flexibility index (Phi) is 6.12. The third-order valence-corrected chi connectivity index (χ3v) is 4.20. The van der Waals surface area contributed by atoms with Crippen LogP contribution in [0.4, 0.5) is 4.79 Å². The molecule has 0 aromatic rings. The molecule has 2 amide bonds. The summed E-state index contributed by atoms with van der Waals surface area (Å²) in [5, 5.41) is 11.6. The highest BCUT2D eigenvalue weighted by molar-refractivity contribution is 5.74. The van der Waals surface area contributed by atoms with Crippen molar-refractivity contribution in [1.29, 1.82) is 0 Å². The topological polar surface area (TPSA) is 69.6 Å². The van der Waals surface area contributed by atoms with Gasteiger partial charge in [-0.15, -0.1) is 0 Å². The fourth-order valence-electron chi connectivity index (χ4n) is 2.40. The minimum Gasteiger partial charge on any atom is -0.481 e. The maximum Gasteiger partial charge on any atom is 0.317 e. The summed E-state index contributed by atoms with van der Waals surface area (Å²) in [6.07, 6.45) is 1.92. The van der Waals surface area contributed by atoms with Crippen molar-refractivity contribution >= 4 is 12.0 Å². The van der Waals surface area contributed by atoms with E-state index in [-0.39, 0.29) is 18.4 Å². The number of carboxylic acids is 1. The predicted molar refractivity (Wildman–Crippen MR) is 74.0 cm³/mol. The first-order valence-electron chi connectivity index (χ1n) is 7.18. The van der Waals surface area contributed by atoms with Crippen LogP contribution >= 0.6 is 0 Å². The molecule has 5 nitrogen and oxygen atoms in total. The average molecular weight is 270 g/mol. The van der Waals surface area contributed by atoms with Crippen LogP contribution in [0.3, 0.4) is 0 Å². The zero-order chi connectivity index (χ0) is 14.4. The molecule has 2 N–H and O–H groups in total. The van der Waals surface area contributed by atoms with Crippen LogP contribution in [0.5, 0.6) is 0 Å². The summed E-state index contributed by atoms with van der Waals surface area (Å²) in [7, 11) is 0. The molecule has 0 aromatic heterocycles. The Morgan fingerprint density at radius 1 is 1.37 bits per heavy atom. The Morgan fingerprint density at radius 2 is 2.05 bits per heavy atom. The Hall–Kier alpha value is -1.26. The molecule has 1 fully saturated rings. The molecule has 0 aromatic carbocycles. The first-order chi connectivity index (χ1) is 8.93. The molecular formula is C14H26N2O3. The summed E-state index contributed by atoms with van der Waals surface area (Å²) in [6.45, 7) is 8.38. The molecule has 110 valence electrons. The monoisotopic (exact) mass is 270 g/mol. The van der Waals surface area contributed by atoms with E-state index >= 15 is 0 Å². The summed E-state index contributed by atoms with van der Waals surface area (Å²) in [4.78, 5) is 24.5. The van der Waals surface area contributed by atoms with Crippen molar-refractivity contribution in [3.63, 3.8) is 0 Å². The SMILES string of the molecule is CCC(CNC(=O)N1CCC(C)C(C)C1)CC(=O)O. The Labute approximate surface area is 115 Å². The van der Waals surface area contributed by atoms with Crippen LogP contribution in [0, 0.1) is 17.8 Å². The number of nitrogens with one attached hydrogen (secondary N) is 1. The smallest absolute Gasteiger partial charge is 0.317 e. The highest BCUT2D eigenvalue weighted by atomic mass is 16.4. The molecular weight excluding hydrogens is 244 g/mol. The zero-order valence-electron chi connectivity index (χ0n) is 12.2. The molecule has 5 heteroatoms. The lowest BCUT2D eigenvalue weighted by Gasteiger charge is -2.35. The van der Waals surface area contributed by atoms with Gasteiger partial charge in [0.05, 0.1) is 0 Å². The lowest BCUT2D eigenvalue weighted by molar-refractivity contribution is -0.138. The van der Waals surface area contributed by atoms with Gasteiger partial charge >= 0.3 is 12.0 Å². The van der Waals surface area contributed by atoms with Gasteiger partial charge in [0.25, 0.3) is 0 Å². The number of likely N-dealkylation sites (tertiary alicyclic amines) is 1. The van der Waals surface area contributed by atoms with E-state index < -0.39 is 5.97 Å². The van der Waals surface area contributed by atoms with Crippen LogP contribution in [-0.4, -0.2) is 41.6 Å². The van der Waals surface area contributed by atoms with Gasteiger partial charge in [0.2, 0.25) is 0 Å². The number of carboxylic acid groups (broad SMARTS) is 1. The van der Waals surface area contributed by atoms with Gasteiger partial charge in [0, 0.05) is 26.1 Å². The molecule has 1 rings (SSSR count). The van der Waals surface area contributed by atoms with Crippen molar-refractivity contribution in [2.24, 2.45) is 17.8 Å². The maximum absolute atomic E-state index is 12.0. The number of carbonyl (C=O) groups is 2. The van der Waals surface area contributed by atoms with Gasteiger partial charge in [-0.05, 0) is 24.2 Å². The summed E-state index contributed by atoms with van der Waals surface area (Å²) in [6, 6.07) is -0.0532. The second-order valence-electron chi connectivity index (χ2n) is 5.75. The number of aliphatic carboxylic acids is 1. The van der Waals surface area contributed by atoms with E-state index in [1.807, 2.05) is 11.8 Å². The second kappa shape index (κ2) is 7.36. The molecule has 0 saturated carbocycles. The van der Waals surface area contributed by atoms with Crippen molar-refractivity contribution < 1.29 is 14.7 Å². The predicted octanol–water partition coefficient (Wildman–Crippen LogP) is 2.17. The van der Waals surface area contributed by atoms with Crippen LogP contribution in [0.15, 0.2) is 0 Å². The summed E-state index contributed by atoms with van der Waals surface area (Å²) < 4.78 is 0. The number of urea groups is 1. The van der Waals surface area contributed by atoms with Crippen molar-refractivity contribution in [1.82, 2.24) is 10.2 Å². The normalized spacial score (nSPS) is 24.9. The van der Waals surface area contributed by atoms with Crippen LogP contribution in [0.1, 0.15) is 40.0 Å². The van der Waals surface area contributed by atoms with Gasteiger partial charge in [0.1, 0.15) is 0 Å². The lowest BCUT2D eigenvalue weighted by Crippen LogP contribution is -2.48. The third kappa shape index (κ3) is 5.09. The maximum atomic E-state index is 12.0. The van der Waals surface area contributed by atoms with E-state index in [9.17, 15) is 9.59 Å². The quantitative estimate of drug-likeness (QED) is 0.804. The van der Waals surface area contributed by atoms with Crippen LogP contribution in [-0.2, 0) is 4.79 Å². The molecule has 1 saturated heterocycles. The molecule has 3 atom stereocenters. The van der Waals surface area contributed by atoms with E-state index in [0.717, 1.165) is 25.9 Å². The standard InChI is InChI=1S/C14H26N2O3/c1-4-12(7-13(17)18)8-15-14(19)16-6-5-10(2)11(3)9-16/h10-12H,4-9H2,1-3H3,(H,15,19)(H,17,18). The summed E-state index contributed by atoms with van der Waals surface area (Å²) in [5.74, 6) is 0.407.